The number of hydrogen-bond acceptors (Lipinski definition) is 6. The minimum Gasteiger partial charge on any atom is -0.395 e. The van der Waals surface area contributed by atoms with E-state index in [9.17, 15) is 18.6 Å². The van der Waals surface area contributed by atoms with Gasteiger partial charge in [0.1, 0.15) is 0 Å². The van der Waals surface area contributed by atoms with E-state index in [1.54, 1.807) is 115 Å². The van der Waals surface area contributed by atoms with E-state index in [1.807, 2.05) is 13.8 Å². The maximum absolute atomic E-state index is 15.7. The summed E-state index contributed by atoms with van der Waals surface area (Å²) in [7, 11) is -9.59. The summed E-state index contributed by atoms with van der Waals surface area (Å²) >= 11 is 0. The molecule has 5 aromatic rings. The van der Waals surface area contributed by atoms with Gasteiger partial charge in [-0.2, -0.15) is 4.31 Å². The first-order chi connectivity index (χ1) is 22.1. The molecule has 0 amide bonds. The molecule has 0 saturated heterocycles. The van der Waals surface area contributed by atoms with Gasteiger partial charge in [0.2, 0.25) is 19.9 Å². The van der Waals surface area contributed by atoms with Gasteiger partial charge < -0.3 is 10.2 Å². The quantitative estimate of drug-likeness (QED) is 0.172. The van der Waals surface area contributed by atoms with Gasteiger partial charge in [-0.3, -0.25) is 0 Å². The maximum atomic E-state index is 15.7. The molecule has 1 atom stereocenters. The van der Waals surface area contributed by atoms with Crippen molar-refractivity contribution in [3.8, 4) is 0 Å². The second-order valence-corrected chi connectivity index (χ2v) is 15.2. The highest BCUT2D eigenvalue weighted by atomic mass is 32.2. The van der Waals surface area contributed by atoms with E-state index in [2.05, 4.69) is 0 Å². The fraction of sp³-hybridized carbons (Fsp3) is 0.189. The molecule has 9 heteroatoms. The average Bonchev–Trinajstić information content (AvgIpc) is 3.08. The van der Waals surface area contributed by atoms with Gasteiger partial charge in [-0.1, -0.05) is 126 Å². The van der Waals surface area contributed by atoms with E-state index in [1.165, 1.54) is 24.3 Å². The van der Waals surface area contributed by atoms with Gasteiger partial charge in [0.05, 0.1) is 28.4 Å². The molecule has 0 spiro atoms. The van der Waals surface area contributed by atoms with Crippen LogP contribution in [0.25, 0.3) is 0 Å². The molecule has 0 heterocycles. The van der Waals surface area contributed by atoms with Crippen LogP contribution in [0.15, 0.2) is 149 Å². The zero-order chi connectivity index (χ0) is 33.0. The molecule has 0 aliphatic rings. The van der Waals surface area contributed by atoms with E-state index in [-0.39, 0.29) is 9.79 Å². The van der Waals surface area contributed by atoms with Crippen molar-refractivity contribution in [2.75, 3.05) is 19.8 Å². The van der Waals surface area contributed by atoms with Crippen molar-refractivity contribution < 1.29 is 27.0 Å². The third-order valence-electron chi connectivity index (χ3n) is 8.51. The van der Waals surface area contributed by atoms with Crippen LogP contribution in [-0.2, 0) is 25.3 Å². The fourth-order valence-corrected chi connectivity index (χ4v) is 10.8. The molecule has 2 N–H and O–H groups in total. The molecule has 5 rings (SSSR count). The van der Waals surface area contributed by atoms with Gasteiger partial charge >= 0.3 is 0 Å². The summed E-state index contributed by atoms with van der Waals surface area (Å²) in [5, 5.41) is 22.4. The Labute approximate surface area is 271 Å². The van der Waals surface area contributed by atoms with Gasteiger partial charge in [0, 0.05) is 6.54 Å². The van der Waals surface area contributed by atoms with Gasteiger partial charge in [-0.15, -0.1) is 0 Å². The minimum atomic E-state index is -4.87. The fourth-order valence-electron chi connectivity index (χ4n) is 6.38. The van der Waals surface area contributed by atoms with Gasteiger partial charge in [0.15, 0.2) is 4.87 Å². The molecule has 0 aromatic heterocycles. The Hall–Kier alpha value is -4.12. The van der Waals surface area contributed by atoms with E-state index in [4.69, 9.17) is 0 Å². The zero-order valence-corrected chi connectivity index (χ0v) is 27.3. The predicted molar refractivity (Wildman–Crippen MR) is 180 cm³/mol. The normalized spacial score (nSPS) is 13.8. The number of nitrogens with zero attached hydrogens (tertiary/aromatic N) is 1. The van der Waals surface area contributed by atoms with Crippen LogP contribution in [0, 0.1) is 13.8 Å². The highest BCUT2D eigenvalue weighted by molar-refractivity contribution is 7.95. The molecule has 0 fully saturated rings. The van der Waals surface area contributed by atoms with Crippen molar-refractivity contribution in [2.45, 2.75) is 33.9 Å². The van der Waals surface area contributed by atoms with Crippen LogP contribution in [-0.4, -0.2) is 56.0 Å². The van der Waals surface area contributed by atoms with E-state index in [0.29, 0.717) is 16.7 Å². The molecule has 0 aliphatic heterocycles. The SMILES string of the molecule is Cc1ccc(S(=O)(=O)N(CCO)C(CO)(C(c2ccccc2)(c2ccccc2)c2ccccc2)S(=O)(=O)c2ccc(C)cc2)cc1. The van der Waals surface area contributed by atoms with E-state index in [0.717, 1.165) is 15.4 Å². The van der Waals surface area contributed by atoms with Crippen molar-refractivity contribution in [1.29, 1.82) is 0 Å². The second kappa shape index (κ2) is 13.3. The van der Waals surface area contributed by atoms with Crippen LogP contribution in [0.5, 0.6) is 0 Å². The molecule has 0 radical (unpaired) electrons. The molecule has 1 unspecified atom stereocenters. The standard InChI is InChI=1S/C37H37NO6S2/c1-29-18-22-34(23-19-29)45(41,42)36(28-40,38(26-27-39)46(43,44)35-24-20-30(2)21-25-35)37(31-12-6-3-7-13-31,32-14-8-4-9-15-32)33-16-10-5-11-17-33/h3-25,39-40H,26-28H2,1-2H3. The highest BCUT2D eigenvalue weighted by Crippen LogP contribution is 2.55. The topological polar surface area (TPSA) is 112 Å². The molecule has 0 saturated carbocycles. The minimum absolute atomic E-state index is 0.174. The first kappa shape index (κ1) is 33.2. The number of aliphatic hydroxyl groups excluding tert-OH is 2. The van der Waals surface area contributed by atoms with Gasteiger partial charge in [0.25, 0.3) is 0 Å². The third kappa shape index (κ3) is 5.38. The monoisotopic (exact) mass is 655 g/mol. The average molecular weight is 656 g/mol. The number of aliphatic hydroxyl groups is 2. The lowest BCUT2D eigenvalue weighted by atomic mass is 9.64. The Kier molecular flexibility index (Phi) is 9.62. The predicted octanol–water partition coefficient (Wildman–Crippen LogP) is 5.48. The van der Waals surface area contributed by atoms with Crippen molar-refractivity contribution in [3.05, 3.63) is 167 Å². The Balaban J connectivity index is 2.08. The first-order valence-electron chi connectivity index (χ1n) is 14.9. The molecular formula is C37H37NO6S2. The summed E-state index contributed by atoms with van der Waals surface area (Å²) in [6, 6.07) is 38.5. The Bertz CT molecular complexity index is 1870. The summed E-state index contributed by atoms with van der Waals surface area (Å²) in [5.74, 6) is 0. The van der Waals surface area contributed by atoms with Gasteiger partial charge in [-0.25, -0.2) is 16.8 Å². The van der Waals surface area contributed by atoms with Gasteiger partial charge in [-0.05, 0) is 54.8 Å². The van der Waals surface area contributed by atoms with Crippen molar-refractivity contribution >= 4 is 19.9 Å². The van der Waals surface area contributed by atoms with Crippen LogP contribution in [0.3, 0.4) is 0 Å². The number of rotatable bonds is 12. The second-order valence-electron chi connectivity index (χ2n) is 11.2. The lowest BCUT2D eigenvalue weighted by Crippen LogP contribution is -2.71. The van der Waals surface area contributed by atoms with Crippen molar-refractivity contribution in [3.63, 3.8) is 0 Å². The summed E-state index contributed by atoms with van der Waals surface area (Å²) < 4.78 is 62.0. The summed E-state index contributed by atoms with van der Waals surface area (Å²) in [5.41, 5.74) is 1.02. The van der Waals surface area contributed by atoms with Crippen LogP contribution >= 0.6 is 0 Å². The molecule has 0 bridgehead atoms. The smallest absolute Gasteiger partial charge is 0.244 e. The summed E-state index contributed by atoms with van der Waals surface area (Å²) in [6.07, 6.45) is 0. The largest absolute Gasteiger partial charge is 0.395 e. The highest BCUT2D eigenvalue weighted by Gasteiger charge is 2.68. The molecular weight excluding hydrogens is 619 g/mol. The molecule has 238 valence electrons. The number of aryl methyl sites for hydroxylation is 2. The molecule has 5 aromatic carbocycles. The maximum Gasteiger partial charge on any atom is 0.244 e. The number of hydrogen-bond donors (Lipinski definition) is 2. The van der Waals surface area contributed by atoms with Crippen LogP contribution in [0.4, 0.5) is 0 Å². The molecule has 0 aliphatic carbocycles. The van der Waals surface area contributed by atoms with Crippen LogP contribution < -0.4 is 0 Å². The number of sulfonamides is 1. The molecule has 7 nitrogen and oxygen atoms in total. The lowest BCUT2D eigenvalue weighted by Gasteiger charge is -2.54. The summed E-state index contributed by atoms with van der Waals surface area (Å²) in [4.78, 5) is -3.03. The Morgan fingerprint density at radius 2 is 0.913 bits per heavy atom. The van der Waals surface area contributed by atoms with Crippen LogP contribution in [0.2, 0.25) is 0 Å². The zero-order valence-electron chi connectivity index (χ0n) is 25.7. The van der Waals surface area contributed by atoms with Crippen LogP contribution in [0.1, 0.15) is 27.8 Å². The number of benzene rings is 5. The number of sulfone groups is 1. The Morgan fingerprint density at radius 1 is 0.543 bits per heavy atom. The van der Waals surface area contributed by atoms with E-state index < -0.39 is 49.9 Å². The molecule has 46 heavy (non-hydrogen) atoms. The third-order valence-corrected chi connectivity index (χ3v) is 13.0. The summed E-state index contributed by atoms with van der Waals surface area (Å²) in [6.45, 7) is 1.12. The Morgan fingerprint density at radius 3 is 1.26 bits per heavy atom. The first-order valence-corrected chi connectivity index (χ1v) is 17.8. The van der Waals surface area contributed by atoms with Crippen molar-refractivity contribution in [2.24, 2.45) is 0 Å². The van der Waals surface area contributed by atoms with E-state index >= 15 is 8.42 Å². The van der Waals surface area contributed by atoms with Crippen molar-refractivity contribution in [1.82, 2.24) is 4.31 Å². The lowest BCUT2D eigenvalue weighted by molar-refractivity contribution is 0.0990.